The fourth-order valence-corrected chi connectivity index (χ4v) is 5.79. The van der Waals surface area contributed by atoms with Crippen molar-refractivity contribution in [2.75, 3.05) is 24.5 Å². The summed E-state index contributed by atoms with van der Waals surface area (Å²) in [7, 11) is 0. The molecule has 8 nitrogen and oxygen atoms in total. The first kappa shape index (κ1) is 22.1. The van der Waals surface area contributed by atoms with Gasteiger partial charge in [0.15, 0.2) is 5.82 Å². The van der Waals surface area contributed by atoms with Gasteiger partial charge in [0, 0.05) is 42.8 Å². The Morgan fingerprint density at radius 2 is 2.06 bits per heavy atom. The standard InChI is InChI=1S/C23H19ClF3N7O/c24-15-1-2-17-16(7-15)19(13(9-28)10-29-17)32-4-3-22(8-14(22)11-32)21(35)33-5-6-34-18(12-33)30-31-20(34)23(25,26)27/h1-2,7,10,14H,3-6,8,11-12H2/t14-,22+/m0/s1. The van der Waals surface area contributed by atoms with Crippen LogP contribution in [0.5, 0.6) is 0 Å². The fourth-order valence-electron chi connectivity index (χ4n) is 5.62. The van der Waals surface area contributed by atoms with Crippen LogP contribution in [0.25, 0.3) is 10.9 Å². The first-order valence-corrected chi connectivity index (χ1v) is 11.6. The van der Waals surface area contributed by atoms with Gasteiger partial charge in [-0.1, -0.05) is 11.6 Å². The zero-order valence-electron chi connectivity index (χ0n) is 18.4. The van der Waals surface area contributed by atoms with E-state index in [-0.39, 0.29) is 37.3 Å². The third kappa shape index (κ3) is 3.42. The van der Waals surface area contributed by atoms with Crippen LogP contribution in [0.4, 0.5) is 18.9 Å². The first-order valence-electron chi connectivity index (χ1n) is 11.2. The quantitative estimate of drug-likeness (QED) is 0.532. The van der Waals surface area contributed by atoms with Gasteiger partial charge in [-0.2, -0.15) is 18.4 Å². The lowest BCUT2D eigenvalue weighted by Gasteiger charge is -2.37. The minimum absolute atomic E-state index is 0.0189. The Kier molecular flexibility index (Phi) is 4.77. The summed E-state index contributed by atoms with van der Waals surface area (Å²) in [6, 6.07) is 7.60. The van der Waals surface area contributed by atoms with Crippen LogP contribution in [-0.4, -0.2) is 50.2 Å². The third-order valence-electron chi connectivity index (χ3n) is 7.46. The highest BCUT2D eigenvalue weighted by Crippen LogP contribution is 2.60. The van der Waals surface area contributed by atoms with Crippen molar-refractivity contribution in [3.63, 3.8) is 0 Å². The first-order chi connectivity index (χ1) is 16.7. The summed E-state index contributed by atoms with van der Waals surface area (Å²) < 4.78 is 40.5. The molecule has 0 spiro atoms. The molecule has 1 aliphatic carbocycles. The number of carbonyl (C=O) groups excluding carboxylic acids is 1. The number of anilines is 1. The molecule has 2 fully saturated rings. The molecule has 0 N–H and O–H groups in total. The number of alkyl halides is 3. The predicted octanol–water partition coefficient (Wildman–Crippen LogP) is 3.63. The Balaban J connectivity index is 1.22. The van der Waals surface area contributed by atoms with Gasteiger partial charge in [-0.25, -0.2) is 0 Å². The Bertz CT molecular complexity index is 1410. The van der Waals surface area contributed by atoms with E-state index in [9.17, 15) is 23.2 Å². The second-order valence-corrected chi connectivity index (χ2v) is 9.80. The fraction of sp³-hybridized carbons (Fsp3) is 0.435. The van der Waals surface area contributed by atoms with E-state index in [0.29, 0.717) is 36.5 Å². The predicted molar refractivity (Wildman–Crippen MR) is 119 cm³/mol. The van der Waals surface area contributed by atoms with Crippen molar-refractivity contribution in [3.8, 4) is 6.07 Å². The normalized spacial score (nSPS) is 23.6. The molecular weight excluding hydrogens is 483 g/mol. The molecule has 0 bridgehead atoms. The zero-order valence-corrected chi connectivity index (χ0v) is 19.1. The average Bonchev–Trinajstić information content (AvgIpc) is 3.42. The summed E-state index contributed by atoms with van der Waals surface area (Å²) in [4.78, 5) is 21.6. The molecule has 0 radical (unpaired) electrons. The zero-order chi connectivity index (χ0) is 24.5. The number of hydrogen-bond acceptors (Lipinski definition) is 6. The van der Waals surface area contributed by atoms with Gasteiger partial charge in [-0.05, 0) is 37.0 Å². The van der Waals surface area contributed by atoms with Gasteiger partial charge in [0.1, 0.15) is 6.07 Å². The largest absolute Gasteiger partial charge is 0.451 e. The Hall–Kier alpha value is -3.39. The number of nitrogens with zero attached hydrogens (tertiary/aromatic N) is 7. The molecule has 0 unspecified atom stereocenters. The number of carbonyl (C=O) groups is 1. The van der Waals surface area contributed by atoms with Gasteiger partial charge in [-0.15, -0.1) is 10.2 Å². The maximum Gasteiger partial charge on any atom is 0.451 e. The summed E-state index contributed by atoms with van der Waals surface area (Å²) in [5, 5.41) is 18.0. The summed E-state index contributed by atoms with van der Waals surface area (Å²) >= 11 is 6.22. The summed E-state index contributed by atoms with van der Waals surface area (Å²) in [6.07, 6.45) is -1.70. The molecular formula is C23H19ClF3N7O. The Labute approximate surface area is 202 Å². The van der Waals surface area contributed by atoms with Gasteiger partial charge in [0.25, 0.3) is 0 Å². The van der Waals surface area contributed by atoms with Crippen LogP contribution in [-0.2, 0) is 24.1 Å². The molecule has 2 atom stereocenters. The topological polar surface area (TPSA) is 90.9 Å². The lowest BCUT2D eigenvalue weighted by molar-refractivity contribution is -0.148. The monoisotopic (exact) mass is 501 g/mol. The van der Waals surface area contributed by atoms with Gasteiger partial charge >= 0.3 is 6.18 Å². The molecule has 2 aromatic heterocycles. The minimum atomic E-state index is -4.58. The number of piperidine rings is 1. The van der Waals surface area contributed by atoms with Crippen molar-refractivity contribution >= 4 is 34.1 Å². The second kappa shape index (κ2) is 7.55. The van der Waals surface area contributed by atoms with Gasteiger partial charge in [0.05, 0.1) is 28.7 Å². The van der Waals surface area contributed by atoms with Crippen LogP contribution in [0.2, 0.25) is 5.02 Å². The van der Waals surface area contributed by atoms with E-state index in [2.05, 4.69) is 26.2 Å². The highest BCUT2D eigenvalue weighted by atomic mass is 35.5. The minimum Gasteiger partial charge on any atom is -0.370 e. The number of pyridine rings is 1. The molecule has 1 saturated heterocycles. The van der Waals surface area contributed by atoms with E-state index in [0.717, 1.165) is 21.2 Å². The van der Waals surface area contributed by atoms with Gasteiger partial charge in [0.2, 0.25) is 11.7 Å². The van der Waals surface area contributed by atoms with Crippen molar-refractivity contribution in [2.24, 2.45) is 11.3 Å². The number of rotatable bonds is 2. The number of amides is 1. The molecule has 3 aliphatic rings. The van der Waals surface area contributed by atoms with Crippen molar-refractivity contribution < 1.29 is 18.0 Å². The molecule has 1 saturated carbocycles. The van der Waals surface area contributed by atoms with E-state index >= 15 is 0 Å². The Morgan fingerprint density at radius 1 is 1.23 bits per heavy atom. The molecule has 1 aromatic carbocycles. The number of hydrogen-bond donors (Lipinski definition) is 0. The summed E-state index contributed by atoms with van der Waals surface area (Å²) in [6.45, 7) is 1.41. The maximum absolute atomic E-state index is 13.5. The molecule has 2 aliphatic heterocycles. The average molecular weight is 502 g/mol. The number of benzene rings is 1. The van der Waals surface area contributed by atoms with Crippen LogP contribution in [0.15, 0.2) is 24.4 Å². The van der Waals surface area contributed by atoms with Crippen LogP contribution in [0.3, 0.4) is 0 Å². The smallest absolute Gasteiger partial charge is 0.370 e. The highest BCUT2D eigenvalue weighted by Gasteiger charge is 2.63. The van der Waals surface area contributed by atoms with Crippen LogP contribution in [0, 0.1) is 22.7 Å². The highest BCUT2D eigenvalue weighted by molar-refractivity contribution is 6.31. The van der Waals surface area contributed by atoms with E-state index in [1.807, 2.05) is 6.07 Å². The van der Waals surface area contributed by atoms with Crippen molar-refractivity contribution in [3.05, 3.63) is 46.6 Å². The number of fused-ring (bicyclic) bond motifs is 3. The third-order valence-corrected chi connectivity index (χ3v) is 7.69. The van der Waals surface area contributed by atoms with E-state index in [4.69, 9.17) is 11.6 Å². The lowest BCUT2D eigenvalue weighted by atomic mass is 9.92. The van der Waals surface area contributed by atoms with Crippen LogP contribution >= 0.6 is 11.6 Å². The van der Waals surface area contributed by atoms with Gasteiger partial charge in [-0.3, -0.25) is 9.78 Å². The molecule has 35 heavy (non-hydrogen) atoms. The second-order valence-electron chi connectivity index (χ2n) is 9.36. The summed E-state index contributed by atoms with van der Waals surface area (Å²) in [5.74, 6) is -0.800. The van der Waals surface area contributed by atoms with E-state index in [1.165, 1.54) is 0 Å². The summed E-state index contributed by atoms with van der Waals surface area (Å²) in [5.41, 5.74) is 1.45. The van der Waals surface area contributed by atoms with Crippen LogP contribution < -0.4 is 4.90 Å². The van der Waals surface area contributed by atoms with Crippen molar-refractivity contribution in [1.82, 2.24) is 24.6 Å². The molecule has 1 amide bonds. The van der Waals surface area contributed by atoms with E-state index in [1.54, 1.807) is 23.2 Å². The lowest BCUT2D eigenvalue weighted by Crippen LogP contribution is -2.47. The molecule has 3 aromatic rings. The number of halogens is 4. The molecule has 12 heteroatoms. The van der Waals surface area contributed by atoms with Gasteiger partial charge < -0.3 is 14.4 Å². The van der Waals surface area contributed by atoms with Crippen molar-refractivity contribution in [2.45, 2.75) is 32.1 Å². The number of nitriles is 1. The molecule has 4 heterocycles. The SMILES string of the molecule is N#Cc1cnc2ccc(Cl)cc2c1N1CC[C@@]2(C(=O)N3CCn4c(nnc4C(F)(F)F)C3)C[C@H]2C1. The molecule has 180 valence electrons. The van der Waals surface area contributed by atoms with Crippen molar-refractivity contribution in [1.29, 1.82) is 5.26 Å². The Morgan fingerprint density at radius 3 is 2.80 bits per heavy atom. The number of aromatic nitrogens is 4. The molecule has 6 rings (SSSR count). The van der Waals surface area contributed by atoms with Crippen LogP contribution in [0.1, 0.15) is 30.1 Å². The van der Waals surface area contributed by atoms with E-state index < -0.39 is 17.4 Å². The maximum atomic E-state index is 13.5.